The molecule has 0 unspecified atom stereocenters. The Kier molecular flexibility index (Phi) is 2.48. The lowest BCUT2D eigenvalue weighted by molar-refractivity contribution is 0.529. The first kappa shape index (κ1) is 10.2. The molecule has 0 bridgehead atoms. The van der Waals surface area contributed by atoms with Crippen LogP contribution in [0, 0.1) is 6.92 Å². The molecule has 2 aromatic heterocycles. The lowest BCUT2D eigenvalue weighted by atomic mass is 10.4. The molecule has 0 N–H and O–H groups in total. The van der Waals surface area contributed by atoms with Crippen LogP contribution in [0.3, 0.4) is 0 Å². The van der Waals surface area contributed by atoms with Crippen LogP contribution in [0.15, 0.2) is 12.3 Å². The number of aromatic nitrogens is 5. The van der Waals surface area contributed by atoms with Gasteiger partial charge in [-0.15, -0.1) is 10.2 Å². The third-order valence-electron chi connectivity index (χ3n) is 2.14. The standard InChI is InChI=1S/C9H12ClN5/c1-6(2)14-5-4-8(13-14)15-7(3)11-12-9(15)10/h4-6H,1-3H3. The second-order valence-electron chi connectivity index (χ2n) is 3.60. The van der Waals surface area contributed by atoms with Gasteiger partial charge in [-0.05, 0) is 32.4 Å². The van der Waals surface area contributed by atoms with Crippen molar-refractivity contribution in [1.29, 1.82) is 0 Å². The molecule has 0 saturated carbocycles. The van der Waals surface area contributed by atoms with Gasteiger partial charge in [0.25, 0.3) is 0 Å². The highest BCUT2D eigenvalue weighted by atomic mass is 35.5. The van der Waals surface area contributed by atoms with E-state index in [1.54, 1.807) is 4.57 Å². The summed E-state index contributed by atoms with van der Waals surface area (Å²) < 4.78 is 3.57. The van der Waals surface area contributed by atoms with E-state index >= 15 is 0 Å². The van der Waals surface area contributed by atoms with Gasteiger partial charge in [-0.1, -0.05) is 0 Å². The van der Waals surface area contributed by atoms with Gasteiger partial charge in [-0.3, -0.25) is 9.25 Å². The Morgan fingerprint density at radius 1 is 1.33 bits per heavy atom. The predicted molar refractivity (Wildman–Crippen MR) is 57.3 cm³/mol. The van der Waals surface area contributed by atoms with Crippen LogP contribution in [0.25, 0.3) is 5.82 Å². The number of aryl methyl sites for hydroxylation is 1. The second kappa shape index (κ2) is 3.66. The first-order chi connectivity index (χ1) is 7.09. The Hall–Kier alpha value is -1.36. The van der Waals surface area contributed by atoms with E-state index in [2.05, 4.69) is 29.1 Å². The van der Waals surface area contributed by atoms with Gasteiger partial charge >= 0.3 is 0 Å². The van der Waals surface area contributed by atoms with Gasteiger partial charge in [0.2, 0.25) is 5.28 Å². The molecule has 2 heterocycles. The zero-order chi connectivity index (χ0) is 11.0. The Bertz CT molecular complexity index is 451. The average molecular weight is 226 g/mol. The topological polar surface area (TPSA) is 48.5 Å². The second-order valence-corrected chi connectivity index (χ2v) is 3.94. The number of halogens is 1. The third-order valence-corrected chi connectivity index (χ3v) is 2.38. The summed E-state index contributed by atoms with van der Waals surface area (Å²) in [5.41, 5.74) is 0. The molecule has 0 saturated heterocycles. The van der Waals surface area contributed by atoms with Crippen molar-refractivity contribution in [1.82, 2.24) is 24.5 Å². The van der Waals surface area contributed by atoms with Crippen molar-refractivity contribution in [3.8, 4) is 5.82 Å². The van der Waals surface area contributed by atoms with Gasteiger partial charge in [-0.2, -0.15) is 5.10 Å². The fraction of sp³-hybridized carbons (Fsp3) is 0.444. The molecular weight excluding hydrogens is 214 g/mol. The lowest BCUT2D eigenvalue weighted by Gasteiger charge is -2.04. The SMILES string of the molecule is Cc1nnc(Cl)n1-c1ccn(C(C)C)n1. The van der Waals surface area contributed by atoms with Crippen molar-refractivity contribution in [3.63, 3.8) is 0 Å². The molecule has 0 aliphatic heterocycles. The van der Waals surface area contributed by atoms with E-state index in [1.807, 2.05) is 23.9 Å². The van der Waals surface area contributed by atoms with E-state index in [0.717, 1.165) is 11.6 Å². The number of nitrogens with zero attached hydrogens (tertiary/aromatic N) is 5. The van der Waals surface area contributed by atoms with Crippen LogP contribution >= 0.6 is 11.6 Å². The fourth-order valence-electron chi connectivity index (χ4n) is 1.33. The molecule has 0 amide bonds. The fourth-order valence-corrected chi connectivity index (χ4v) is 1.58. The van der Waals surface area contributed by atoms with E-state index in [9.17, 15) is 0 Å². The first-order valence-electron chi connectivity index (χ1n) is 4.72. The summed E-state index contributed by atoms with van der Waals surface area (Å²) in [4.78, 5) is 0. The van der Waals surface area contributed by atoms with Crippen molar-refractivity contribution in [2.24, 2.45) is 0 Å². The summed E-state index contributed by atoms with van der Waals surface area (Å²) in [6, 6.07) is 2.22. The Morgan fingerprint density at radius 3 is 2.53 bits per heavy atom. The molecule has 0 spiro atoms. The maximum atomic E-state index is 5.91. The molecule has 2 rings (SSSR count). The zero-order valence-corrected chi connectivity index (χ0v) is 9.60. The predicted octanol–water partition coefficient (Wildman–Crippen LogP) is 2.01. The molecule has 0 atom stereocenters. The van der Waals surface area contributed by atoms with Crippen LogP contribution in [-0.2, 0) is 0 Å². The summed E-state index contributed by atoms with van der Waals surface area (Å²) in [7, 11) is 0. The highest BCUT2D eigenvalue weighted by Crippen LogP contribution is 2.15. The van der Waals surface area contributed by atoms with E-state index in [-0.39, 0.29) is 0 Å². The summed E-state index contributed by atoms with van der Waals surface area (Å²) in [6.07, 6.45) is 1.91. The molecular formula is C9H12ClN5. The van der Waals surface area contributed by atoms with Crippen LogP contribution in [-0.4, -0.2) is 24.5 Å². The summed E-state index contributed by atoms with van der Waals surface area (Å²) in [5.74, 6) is 1.48. The summed E-state index contributed by atoms with van der Waals surface area (Å²) >= 11 is 5.91. The Morgan fingerprint density at radius 2 is 2.07 bits per heavy atom. The Labute approximate surface area is 92.7 Å². The first-order valence-corrected chi connectivity index (χ1v) is 5.10. The maximum absolute atomic E-state index is 5.91. The Balaban J connectivity index is 2.46. The van der Waals surface area contributed by atoms with E-state index in [0.29, 0.717) is 11.3 Å². The summed E-state index contributed by atoms with van der Waals surface area (Å²) in [6.45, 7) is 5.97. The average Bonchev–Trinajstić information content (AvgIpc) is 2.73. The van der Waals surface area contributed by atoms with Crippen LogP contribution < -0.4 is 0 Å². The monoisotopic (exact) mass is 225 g/mol. The van der Waals surface area contributed by atoms with Crippen molar-refractivity contribution in [2.75, 3.05) is 0 Å². The van der Waals surface area contributed by atoms with Gasteiger partial charge in [0.05, 0.1) is 0 Å². The third kappa shape index (κ3) is 1.74. The van der Waals surface area contributed by atoms with Crippen LogP contribution in [0.5, 0.6) is 0 Å². The van der Waals surface area contributed by atoms with Crippen molar-refractivity contribution in [3.05, 3.63) is 23.4 Å². The molecule has 80 valence electrons. The van der Waals surface area contributed by atoms with Crippen molar-refractivity contribution < 1.29 is 0 Å². The van der Waals surface area contributed by atoms with Crippen LogP contribution in [0.1, 0.15) is 25.7 Å². The van der Waals surface area contributed by atoms with Gasteiger partial charge in [0.15, 0.2) is 5.82 Å². The number of hydrogen-bond donors (Lipinski definition) is 0. The van der Waals surface area contributed by atoms with Gasteiger partial charge < -0.3 is 0 Å². The van der Waals surface area contributed by atoms with Gasteiger partial charge in [-0.25, -0.2) is 0 Å². The molecule has 5 nitrogen and oxygen atoms in total. The molecule has 0 radical (unpaired) electrons. The maximum Gasteiger partial charge on any atom is 0.230 e. The minimum Gasteiger partial charge on any atom is -0.268 e. The van der Waals surface area contributed by atoms with Crippen LogP contribution in [0.4, 0.5) is 0 Å². The minimum absolute atomic E-state index is 0.328. The molecule has 0 fully saturated rings. The van der Waals surface area contributed by atoms with Gasteiger partial charge in [0, 0.05) is 18.3 Å². The van der Waals surface area contributed by atoms with E-state index < -0.39 is 0 Å². The smallest absolute Gasteiger partial charge is 0.230 e. The molecule has 2 aromatic rings. The lowest BCUT2D eigenvalue weighted by Crippen LogP contribution is -2.04. The largest absolute Gasteiger partial charge is 0.268 e. The minimum atomic E-state index is 0.328. The summed E-state index contributed by atoms with van der Waals surface area (Å²) in [5, 5.41) is 12.4. The van der Waals surface area contributed by atoms with E-state index in [4.69, 9.17) is 11.6 Å². The zero-order valence-electron chi connectivity index (χ0n) is 8.85. The van der Waals surface area contributed by atoms with Crippen molar-refractivity contribution >= 4 is 11.6 Å². The molecule has 6 heteroatoms. The quantitative estimate of drug-likeness (QED) is 0.786. The highest BCUT2D eigenvalue weighted by Gasteiger charge is 2.11. The number of hydrogen-bond acceptors (Lipinski definition) is 3. The van der Waals surface area contributed by atoms with E-state index in [1.165, 1.54) is 0 Å². The van der Waals surface area contributed by atoms with Crippen molar-refractivity contribution in [2.45, 2.75) is 26.8 Å². The van der Waals surface area contributed by atoms with Crippen LogP contribution in [0.2, 0.25) is 5.28 Å². The normalized spacial score (nSPS) is 11.3. The molecule has 0 aliphatic carbocycles. The number of rotatable bonds is 2. The highest BCUT2D eigenvalue weighted by molar-refractivity contribution is 6.28. The van der Waals surface area contributed by atoms with Gasteiger partial charge in [0.1, 0.15) is 5.82 Å². The molecule has 0 aromatic carbocycles. The molecule has 15 heavy (non-hydrogen) atoms. The molecule has 0 aliphatic rings.